The molecule has 1 rings (SSSR count). The number of carboxylic acid groups (broad SMARTS) is 1. The topological polar surface area (TPSA) is 37.3 Å². The Bertz CT molecular complexity index is 144. The summed E-state index contributed by atoms with van der Waals surface area (Å²) in [7, 11) is 0. The maximum atomic E-state index is 10.2. The number of rotatable bonds is 5. The molecule has 2 nitrogen and oxygen atoms in total. The Morgan fingerprint density at radius 2 is 2.33 bits per heavy atom. The van der Waals surface area contributed by atoms with Gasteiger partial charge in [-0.2, -0.15) is 0 Å². The van der Waals surface area contributed by atoms with Crippen LogP contribution in [0.4, 0.5) is 0 Å². The molecule has 1 fully saturated rings. The van der Waals surface area contributed by atoms with Gasteiger partial charge in [0.15, 0.2) is 0 Å². The molecule has 0 unspecified atom stereocenters. The van der Waals surface area contributed by atoms with E-state index in [1.807, 2.05) is 0 Å². The molecule has 1 aliphatic rings. The van der Waals surface area contributed by atoms with Gasteiger partial charge in [-0.15, -0.1) is 0 Å². The van der Waals surface area contributed by atoms with Gasteiger partial charge < -0.3 is 0 Å². The molecular weight excluding hydrogens is 286 g/mol. The predicted octanol–water partition coefficient (Wildman–Crippen LogP) is 1.57. The number of hydrogen-bond acceptors (Lipinski definition) is 1. The van der Waals surface area contributed by atoms with Crippen molar-refractivity contribution in [3.05, 3.63) is 0 Å². The molecule has 0 aromatic carbocycles. The summed E-state index contributed by atoms with van der Waals surface area (Å²) in [5.74, 6) is -0.642. The van der Waals surface area contributed by atoms with Crippen LogP contribution in [0.5, 0.6) is 0 Å². The zero-order valence-electron chi connectivity index (χ0n) is 6.99. The van der Waals surface area contributed by atoms with Crippen molar-refractivity contribution in [2.24, 2.45) is 0 Å². The first kappa shape index (κ1) is 10.6. The second-order valence-corrected chi connectivity index (χ2v) is 10.8. The SMILES string of the molecule is O=C(O)CCCC[C@@H]1CC[Se][Se]1. The summed E-state index contributed by atoms with van der Waals surface area (Å²) in [6.07, 6.45) is 5.12. The van der Waals surface area contributed by atoms with Crippen molar-refractivity contribution in [2.45, 2.75) is 42.2 Å². The van der Waals surface area contributed by atoms with E-state index in [9.17, 15) is 4.79 Å². The summed E-state index contributed by atoms with van der Waals surface area (Å²) in [4.78, 5) is 11.2. The van der Waals surface area contributed by atoms with E-state index in [0.29, 0.717) is 6.42 Å². The number of hydrogen-bond donors (Lipinski definition) is 1. The summed E-state index contributed by atoms with van der Waals surface area (Å²) in [5, 5.41) is 9.90. The minimum atomic E-state index is -0.642. The normalized spacial score (nSPS) is 22.8. The number of aliphatic carboxylic acids is 1. The molecule has 1 saturated heterocycles. The quantitative estimate of drug-likeness (QED) is 0.618. The molecule has 0 amide bonds. The van der Waals surface area contributed by atoms with Crippen molar-refractivity contribution in [3.8, 4) is 0 Å². The Balaban J connectivity index is 1.91. The summed E-state index contributed by atoms with van der Waals surface area (Å²) in [6.45, 7) is 0. The summed E-state index contributed by atoms with van der Waals surface area (Å²) in [5.41, 5.74) is 0. The Labute approximate surface area is 84.4 Å². The predicted molar refractivity (Wildman–Crippen MR) is 50.8 cm³/mol. The molecule has 0 saturated carbocycles. The van der Waals surface area contributed by atoms with Gasteiger partial charge in [-0.3, -0.25) is 0 Å². The van der Waals surface area contributed by atoms with Gasteiger partial charge in [0, 0.05) is 0 Å². The molecule has 0 spiro atoms. The van der Waals surface area contributed by atoms with Gasteiger partial charge in [0.2, 0.25) is 0 Å². The molecule has 70 valence electrons. The van der Waals surface area contributed by atoms with E-state index >= 15 is 0 Å². The molecule has 0 aliphatic carbocycles. The zero-order chi connectivity index (χ0) is 8.81. The molecule has 1 aliphatic heterocycles. The van der Waals surface area contributed by atoms with Gasteiger partial charge in [0.1, 0.15) is 0 Å². The summed E-state index contributed by atoms with van der Waals surface area (Å²) >= 11 is 1.92. The van der Waals surface area contributed by atoms with Gasteiger partial charge in [0.25, 0.3) is 0 Å². The fraction of sp³-hybridized carbons (Fsp3) is 0.875. The molecule has 4 heteroatoms. The Morgan fingerprint density at radius 3 is 2.92 bits per heavy atom. The van der Waals surface area contributed by atoms with Gasteiger partial charge in [-0.05, 0) is 0 Å². The third-order valence-corrected chi connectivity index (χ3v) is 10.9. The minimum absolute atomic E-state index is 0.366. The van der Waals surface area contributed by atoms with Crippen LogP contribution in [0.3, 0.4) is 0 Å². The number of carboxylic acids is 1. The van der Waals surface area contributed by atoms with Crippen molar-refractivity contribution >= 4 is 32.2 Å². The van der Waals surface area contributed by atoms with Crippen LogP contribution in [0.1, 0.15) is 32.1 Å². The second kappa shape index (κ2) is 6.04. The van der Waals surface area contributed by atoms with Gasteiger partial charge in [-0.25, -0.2) is 0 Å². The van der Waals surface area contributed by atoms with Crippen molar-refractivity contribution in [1.29, 1.82) is 0 Å². The first-order chi connectivity index (χ1) is 5.79. The Kier molecular flexibility index (Phi) is 5.33. The third kappa shape index (κ3) is 4.51. The van der Waals surface area contributed by atoms with E-state index in [2.05, 4.69) is 0 Å². The van der Waals surface area contributed by atoms with Crippen molar-refractivity contribution in [2.75, 3.05) is 0 Å². The van der Waals surface area contributed by atoms with E-state index in [-0.39, 0.29) is 0 Å². The molecule has 1 N–H and O–H groups in total. The monoisotopic (exact) mass is 302 g/mol. The fourth-order valence-electron chi connectivity index (χ4n) is 1.21. The Hall–Kier alpha value is 0.509. The molecule has 1 heterocycles. The van der Waals surface area contributed by atoms with Crippen LogP contribution in [0.2, 0.25) is 10.1 Å². The van der Waals surface area contributed by atoms with E-state index in [4.69, 9.17) is 5.11 Å². The van der Waals surface area contributed by atoms with Crippen LogP contribution in [0.25, 0.3) is 0 Å². The average molecular weight is 300 g/mol. The van der Waals surface area contributed by atoms with Crippen molar-refractivity contribution in [1.82, 2.24) is 0 Å². The maximum absolute atomic E-state index is 10.2. The molecule has 0 aromatic heterocycles. The van der Waals surface area contributed by atoms with Gasteiger partial charge >= 0.3 is 84.4 Å². The van der Waals surface area contributed by atoms with E-state index in [1.54, 1.807) is 0 Å². The van der Waals surface area contributed by atoms with E-state index < -0.39 is 5.97 Å². The zero-order valence-corrected chi connectivity index (χ0v) is 10.4. The fourth-order valence-corrected chi connectivity index (χ4v) is 10.7. The average Bonchev–Trinajstić information content (AvgIpc) is 2.49. The molecule has 0 radical (unpaired) electrons. The molecule has 12 heavy (non-hydrogen) atoms. The first-order valence-corrected chi connectivity index (χ1v) is 10.8. The molecule has 1 atom stereocenters. The molecule has 0 aromatic rings. The number of unbranched alkanes of at least 4 members (excludes halogenated alkanes) is 1. The van der Waals surface area contributed by atoms with Crippen LogP contribution >= 0.6 is 0 Å². The standard InChI is InChI=1S/C8H14O2Se2/c9-8(10)4-2-1-3-7-5-6-11-12-7/h7H,1-6H2,(H,9,10)/t7-/m1/s1. The molecular formula is C8H14O2Se2. The van der Waals surface area contributed by atoms with Gasteiger partial charge in [0.05, 0.1) is 0 Å². The second-order valence-electron chi connectivity index (χ2n) is 2.97. The van der Waals surface area contributed by atoms with Crippen molar-refractivity contribution in [3.63, 3.8) is 0 Å². The van der Waals surface area contributed by atoms with Crippen LogP contribution in [0, 0.1) is 0 Å². The van der Waals surface area contributed by atoms with Crippen LogP contribution in [-0.4, -0.2) is 37.3 Å². The van der Waals surface area contributed by atoms with Gasteiger partial charge in [-0.1, -0.05) is 0 Å². The van der Waals surface area contributed by atoms with Crippen LogP contribution in [-0.2, 0) is 4.79 Å². The Morgan fingerprint density at radius 1 is 1.50 bits per heavy atom. The third-order valence-electron chi connectivity index (χ3n) is 1.89. The van der Waals surface area contributed by atoms with Crippen molar-refractivity contribution < 1.29 is 9.90 Å². The summed E-state index contributed by atoms with van der Waals surface area (Å²) < 4.78 is 0. The van der Waals surface area contributed by atoms with E-state index in [1.165, 1.54) is 18.2 Å². The van der Waals surface area contributed by atoms with Crippen LogP contribution < -0.4 is 0 Å². The summed E-state index contributed by atoms with van der Waals surface area (Å²) in [6, 6.07) is 0. The van der Waals surface area contributed by atoms with Crippen LogP contribution in [0.15, 0.2) is 0 Å². The first-order valence-electron chi connectivity index (χ1n) is 4.29. The molecule has 0 bridgehead atoms. The number of carbonyl (C=O) groups is 1. The van der Waals surface area contributed by atoms with E-state index in [0.717, 1.165) is 43.9 Å².